The standard InChI is InChI=1S/C24H25N3O4S.ClH/c1-4-14-32(28,29)27-16-12-13-20(22(15-16)31-3)26-23-17-8-5-6-10-19(17)25-24-18(23)9-7-11-21(24)30-2;/h5-13,15,27H,4,14H2,1-3H3,(H,25,26);1H. The van der Waals surface area contributed by atoms with Gasteiger partial charge in [-0.05, 0) is 30.7 Å². The lowest BCUT2D eigenvalue weighted by atomic mass is 10.1. The van der Waals surface area contributed by atoms with Crippen LogP contribution >= 0.6 is 12.4 Å². The number of ether oxygens (including phenoxy) is 2. The molecule has 4 aromatic rings. The van der Waals surface area contributed by atoms with Gasteiger partial charge in [0.25, 0.3) is 0 Å². The topological polar surface area (TPSA) is 89.6 Å². The first-order chi connectivity index (χ1) is 15.5. The Balaban J connectivity index is 0.00000306. The predicted molar refractivity (Wildman–Crippen MR) is 137 cm³/mol. The molecule has 0 unspecified atom stereocenters. The van der Waals surface area contributed by atoms with Crippen molar-refractivity contribution in [2.45, 2.75) is 13.3 Å². The second-order valence-electron chi connectivity index (χ2n) is 7.32. The van der Waals surface area contributed by atoms with Gasteiger partial charge in [0, 0.05) is 16.8 Å². The molecule has 33 heavy (non-hydrogen) atoms. The first-order valence-electron chi connectivity index (χ1n) is 10.3. The molecular formula is C24H26ClN3O4S. The maximum absolute atomic E-state index is 12.1. The van der Waals surface area contributed by atoms with E-state index in [1.807, 2.05) is 49.4 Å². The average molecular weight is 488 g/mol. The Morgan fingerprint density at radius 1 is 0.909 bits per heavy atom. The number of sulfonamides is 1. The largest absolute Gasteiger partial charge is 0.494 e. The zero-order valence-electron chi connectivity index (χ0n) is 18.6. The van der Waals surface area contributed by atoms with Crippen LogP contribution in [-0.2, 0) is 10.0 Å². The maximum Gasteiger partial charge on any atom is 0.232 e. The predicted octanol–water partition coefficient (Wildman–Crippen LogP) is 5.72. The highest BCUT2D eigenvalue weighted by molar-refractivity contribution is 7.92. The number of halogens is 1. The van der Waals surface area contributed by atoms with Gasteiger partial charge in [-0.3, -0.25) is 4.72 Å². The molecule has 4 rings (SSSR count). The number of fused-ring (bicyclic) bond motifs is 2. The second-order valence-corrected chi connectivity index (χ2v) is 9.16. The number of nitrogens with zero attached hydrogens (tertiary/aromatic N) is 1. The molecular weight excluding hydrogens is 462 g/mol. The summed E-state index contributed by atoms with van der Waals surface area (Å²) in [6.45, 7) is 1.82. The Labute approximate surface area is 199 Å². The Morgan fingerprint density at radius 2 is 1.64 bits per heavy atom. The van der Waals surface area contributed by atoms with Crippen LogP contribution in [0.25, 0.3) is 21.8 Å². The summed E-state index contributed by atoms with van der Waals surface area (Å²) in [5.74, 6) is 1.26. The van der Waals surface area contributed by atoms with Crippen LogP contribution in [0.5, 0.6) is 11.5 Å². The number of hydrogen-bond donors (Lipinski definition) is 2. The van der Waals surface area contributed by atoms with Gasteiger partial charge in [0.15, 0.2) is 0 Å². The molecule has 1 heterocycles. The van der Waals surface area contributed by atoms with Gasteiger partial charge < -0.3 is 14.8 Å². The number of nitrogens with one attached hydrogen (secondary N) is 2. The minimum Gasteiger partial charge on any atom is -0.494 e. The van der Waals surface area contributed by atoms with E-state index < -0.39 is 10.0 Å². The molecule has 0 aliphatic carbocycles. The third kappa shape index (κ3) is 5.07. The monoisotopic (exact) mass is 487 g/mol. The number of anilines is 3. The first kappa shape index (κ1) is 24.4. The first-order valence-corrected chi connectivity index (χ1v) is 11.9. The molecule has 7 nitrogen and oxygen atoms in total. The van der Waals surface area contributed by atoms with Crippen LogP contribution in [0.2, 0.25) is 0 Å². The Bertz CT molecular complexity index is 1390. The zero-order chi connectivity index (χ0) is 22.7. The third-order valence-electron chi connectivity index (χ3n) is 5.10. The number of rotatable bonds is 8. The lowest BCUT2D eigenvalue weighted by Gasteiger charge is -2.17. The van der Waals surface area contributed by atoms with E-state index in [0.29, 0.717) is 29.3 Å². The van der Waals surface area contributed by atoms with Crippen molar-refractivity contribution in [3.63, 3.8) is 0 Å². The Kier molecular flexibility index (Phi) is 7.50. The fourth-order valence-corrected chi connectivity index (χ4v) is 4.80. The van der Waals surface area contributed by atoms with Crippen LogP contribution in [0.15, 0.2) is 60.7 Å². The van der Waals surface area contributed by atoms with Gasteiger partial charge in [-0.2, -0.15) is 0 Å². The van der Waals surface area contributed by atoms with E-state index in [0.717, 1.165) is 27.5 Å². The van der Waals surface area contributed by atoms with Gasteiger partial charge in [0.05, 0.1) is 42.6 Å². The highest BCUT2D eigenvalue weighted by Gasteiger charge is 2.15. The van der Waals surface area contributed by atoms with Crippen molar-refractivity contribution in [2.24, 2.45) is 0 Å². The van der Waals surface area contributed by atoms with E-state index in [9.17, 15) is 8.42 Å². The third-order valence-corrected chi connectivity index (χ3v) is 6.59. The molecule has 0 fully saturated rings. The van der Waals surface area contributed by atoms with Gasteiger partial charge >= 0.3 is 0 Å². The van der Waals surface area contributed by atoms with Crippen LogP contribution in [0.1, 0.15) is 13.3 Å². The van der Waals surface area contributed by atoms with Crippen LogP contribution in [0.3, 0.4) is 0 Å². The molecule has 0 radical (unpaired) electrons. The molecule has 2 N–H and O–H groups in total. The molecule has 1 aromatic heterocycles. The quantitative estimate of drug-likeness (QED) is 0.309. The number of hydrogen-bond acceptors (Lipinski definition) is 6. The second kappa shape index (κ2) is 10.1. The van der Waals surface area contributed by atoms with Crippen molar-refractivity contribution in [1.82, 2.24) is 4.98 Å². The number of pyridine rings is 1. The maximum atomic E-state index is 12.1. The van der Waals surface area contributed by atoms with E-state index in [1.165, 1.54) is 0 Å². The van der Waals surface area contributed by atoms with Gasteiger partial charge in [-0.25, -0.2) is 13.4 Å². The SMILES string of the molecule is CCCS(=O)(=O)Nc1ccc(Nc2c3ccccc3nc3c(OC)cccc23)c(OC)c1.Cl. The minimum atomic E-state index is -3.39. The molecule has 0 atom stereocenters. The van der Waals surface area contributed by atoms with Crippen molar-refractivity contribution in [3.8, 4) is 11.5 Å². The van der Waals surface area contributed by atoms with Gasteiger partial charge in [-0.15, -0.1) is 12.4 Å². The minimum absolute atomic E-state index is 0. The molecule has 0 amide bonds. The summed E-state index contributed by atoms with van der Waals surface area (Å²) in [6, 6.07) is 18.8. The highest BCUT2D eigenvalue weighted by atomic mass is 35.5. The van der Waals surface area contributed by atoms with Crippen molar-refractivity contribution in [3.05, 3.63) is 60.7 Å². The zero-order valence-corrected chi connectivity index (χ0v) is 20.2. The van der Waals surface area contributed by atoms with E-state index >= 15 is 0 Å². The summed E-state index contributed by atoms with van der Waals surface area (Å²) >= 11 is 0. The van der Waals surface area contributed by atoms with Crippen molar-refractivity contribution in [2.75, 3.05) is 30.0 Å². The van der Waals surface area contributed by atoms with E-state index in [2.05, 4.69) is 10.0 Å². The fourth-order valence-electron chi connectivity index (χ4n) is 3.68. The lowest BCUT2D eigenvalue weighted by Crippen LogP contribution is -2.16. The molecule has 0 saturated heterocycles. The van der Waals surface area contributed by atoms with Gasteiger partial charge in [0.2, 0.25) is 10.0 Å². The van der Waals surface area contributed by atoms with Crippen LogP contribution < -0.4 is 19.5 Å². The molecule has 3 aromatic carbocycles. The molecule has 0 spiro atoms. The Hall–Kier alpha value is -3.23. The molecule has 0 aliphatic heterocycles. The summed E-state index contributed by atoms with van der Waals surface area (Å²) in [7, 11) is -0.218. The average Bonchev–Trinajstić information content (AvgIpc) is 2.79. The summed E-state index contributed by atoms with van der Waals surface area (Å²) in [5, 5.41) is 5.33. The lowest BCUT2D eigenvalue weighted by molar-refractivity contribution is 0.417. The molecule has 0 bridgehead atoms. The number of benzene rings is 3. The van der Waals surface area contributed by atoms with Crippen LogP contribution in [0.4, 0.5) is 17.1 Å². The number of methoxy groups -OCH3 is 2. The summed E-state index contributed by atoms with van der Waals surface area (Å²) in [6.07, 6.45) is 0.539. The molecule has 0 saturated carbocycles. The smallest absolute Gasteiger partial charge is 0.232 e. The Morgan fingerprint density at radius 3 is 2.36 bits per heavy atom. The number of para-hydroxylation sites is 2. The molecule has 174 valence electrons. The van der Waals surface area contributed by atoms with Crippen molar-refractivity contribution in [1.29, 1.82) is 0 Å². The van der Waals surface area contributed by atoms with Crippen LogP contribution in [-0.4, -0.2) is 33.4 Å². The summed E-state index contributed by atoms with van der Waals surface area (Å²) in [5.41, 5.74) is 3.59. The fraction of sp³-hybridized carbons (Fsp3) is 0.208. The van der Waals surface area contributed by atoms with Crippen molar-refractivity contribution < 1.29 is 17.9 Å². The normalized spacial score (nSPS) is 11.1. The van der Waals surface area contributed by atoms with E-state index in [-0.39, 0.29) is 18.2 Å². The van der Waals surface area contributed by atoms with E-state index in [4.69, 9.17) is 14.5 Å². The van der Waals surface area contributed by atoms with E-state index in [1.54, 1.807) is 32.4 Å². The van der Waals surface area contributed by atoms with Gasteiger partial charge in [0.1, 0.15) is 17.0 Å². The molecule has 9 heteroatoms. The number of aromatic nitrogens is 1. The van der Waals surface area contributed by atoms with Crippen LogP contribution in [0, 0.1) is 0 Å². The highest BCUT2D eigenvalue weighted by Crippen LogP contribution is 2.39. The summed E-state index contributed by atoms with van der Waals surface area (Å²) < 4.78 is 38.0. The summed E-state index contributed by atoms with van der Waals surface area (Å²) in [4.78, 5) is 4.79. The molecule has 0 aliphatic rings. The van der Waals surface area contributed by atoms with Gasteiger partial charge in [-0.1, -0.05) is 37.3 Å². The van der Waals surface area contributed by atoms with Crippen molar-refractivity contribution >= 4 is 61.3 Å².